The lowest BCUT2D eigenvalue weighted by Gasteiger charge is -2.25. The minimum absolute atomic E-state index is 0.0658. The molecule has 0 radical (unpaired) electrons. The van der Waals surface area contributed by atoms with Crippen LogP contribution in [0.4, 0.5) is 10.2 Å². The van der Waals surface area contributed by atoms with Gasteiger partial charge in [-0.1, -0.05) is 56.7 Å². The molecule has 2 amide bonds. The number of aromatic nitrogens is 2. The van der Waals surface area contributed by atoms with E-state index in [1.165, 1.54) is 22.7 Å². The summed E-state index contributed by atoms with van der Waals surface area (Å²) in [5.41, 5.74) is 4.55. The van der Waals surface area contributed by atoms with Crippen LogP contribution in [0.5, 0.6) is 0 Å². The summed E-state index contributed by atoms with van der Waals surface area (Å²) in [5, 5.41) is 7.51. The number of anilines is 1. The van der Waals surface area contributed by atoms with Gasteiger partial charge in [-0.2, -0.15) is 5.10 Å². The van der Waals surface area contributed by atoms with Crippen molar-refractivity contribution in [3.8, 4) is 5.69 Å². The van der Waals surface area contributed by atoms with Gasteiger partial charge in [-0.15, -0.1) is 11.8 Å². The third-order valence-corrected chi connectivity index (χ3v) is 7.56. The van der Waals surface area contributed by atoms with E-state index < -0.39 is 10.7 Å². The molecule has 196 valence electrons. The number of thioether (sulfide) groups is 1. The minimum Gasteiger partial charge on any atom is -0.352 e. The normalized spacial score (nSPS) is 16.1. The van der Waals surface area contributed by atoms with Crippen LogP contribution in [0.25, 0.3) is 5.69 Å². The van der Waals surface area contributed by atoms with Gasteiger partial charge in [-0.05, 0) is 45.4 Å². The highest BCUT2D eigenvalue weighted by Gasteiger charge is 2.40. The lowest BCUT2D eigenvalue weighted by atomic mass is 9.87. The molecule has 0 saturated heterocycles. The van der Waals surface area contributed by atoms with Crippen LogP contribution in [0, 0.1) is 19.7 Å². The van der Waals surface area contributed by atoms with E-state index in [4.69, 9.17) is 5.10 Å². The second kappa shape index (κ2) is 10.3. The summed E-state index contributed by atoms with van der Waals surface area (Å²) in [6.45, 7) is 13.8. The molecule has 1 atom stereocenters. The first kappa shape index (κ1) is 26.9. The first-order valence-electron chi connectivity index (χ1n) is 12.5. The van der Waals surface area contributed by atoms with Crippen molar-refractivity contribution in [1.29, 1.82) is 0 Å². The molecule has 0 unspecified atom stereocenters. The van der Waals surface area contributed by atoms with Gasteiger partial charge in [0, 0.05) is 22.6 Å². The van der Waals surface area contributed by atoms with E-state index in [0.717, 1.165) is 28.1 Å². The Bertz CT molecular complexity index is 1340. The number of halogens is 1. The maximum atomic E-state index is 15.2. The highest BCUT2D eigenvalue weighted by molar-refractivity contribution is 8.00. The van der Waals surface area contributed by atoms with Crippen LogP contribution < -0.4 is 10.2 Å². The summed E-state index contributed by atoms with van der Waals surface area (Å²) in [6.07, 6.45) is 0. The molecule has 2 heterocycles. The Morgan fingerprint density at radius 3 is 2.51 bits per heavy atom. The van der Waals surface area contributed by atoms with E-state index in [2.05, 4.69) is 32.2 Å². The van der Waals surface area contributed by atoms with E-state index >= 15 is 4.39 Å². The molecule has 0 fully saturated rings. The van der Waals surface area contributed by atoms with Crippen LogP contribution in [0.15, 0.2) is 42.5 Å². The molecule has 8 heteroatoms. The third kappa shape index (κ3) is 5.44. The molecule has 4 rings (SSSR count). The quantitative estimate of drug-likeness (QED) is 0.472. The molecule has 1 aromatic heterocycles. The minimum atomic E-state index is -0.466. The Labute approximate surface area is 222 Å². The highest BCUT2D eigenvalue weighted by atomic mass is 32.2. The van der Waals surface area contributed by atoms with Crippen LogP contribution >= 0.6 is 11.8 Å². The van der Waals surface area contributed by atoms with Crippen molar-refractivity contribution in [3.63, 3.8) is 0 Å². The van der Waals surface area contributed by atoms with Gasteiger partial charge in [-0.25, -0.2) is 9.07 Å². The number of fused-ring (bicyclic) bond motifs is 1. The van der Waals surface area contributed by atoms with Gasteiger partial charge in [0.15, 0.2) is 0 Å². The summed E-state index contributed by atoms with van der Waals surface area (Å²) < 4.78 is 17.0. The number of carbonyl (C=O) groups is 2. The third-order valence-electron chi connectivity index (χ3n) is 6.32. The SMILES string of the molecule is Cc1ccc(-n2nc(C(C)(C)C)c3c2N(CC(=O)NC(C)C)C(=O)CS[C@H]3c2ccccc2F)c(C)c1. The number of rotatable bonds is 5. The predicted molar refractivity (Wildman–Crippen MR) is 148 cm³/mol. The van der Waals surface area contributed by atoms with Crippen molar-refractivity contribution < 1.29 is 14.0 Å². The fraction of sp³-hybridized carbons (Fsp3) is 0.414. The number of carbonyl (C=O) groups excluding carboxylic acids is 2. The zero-order chi connectivity index (χ0) is 27.1. The van der Waals surface area contributed by atoms with Gasteiger partial charge in [0.1, 0.15) is 18.2 Å². The molecule has 3 aromatic rings. The van der Waals surface area contributed by atoms with Crippen LogP contribution in [0.3, 0.4) is 0 Å². The predicted octanol–water partition coefficient (Wildman–Crippen LogP) is 5.62. The Kier molecular flexibility index (Phi) is 7.51. The Morgan fingerprint density at radius 2 is 1.89 bits per heavy atom. The van der Waals surface area contributed by atoms with Crippen LogP contribution in [-0.2, 0) is 15.0 Å². The number of amides is 2. The first-order chi connectivity index (χ1) is 17.4. The van der Waals surface area contributed by atoms with Gasteiger partial charge in [-0.3, -0.25) is 14.5 Å². The molecule has 2 aromatic carbocycles. The molecular weight excluding hydrogens is 487 g/mol. The van der Waals surface area contributed by atoms with Crippen molar-refractivity contribution in [3.05, 3.63) is 76.2 Å². The molecule has 0 bridgehead atoms. The van der Waals surface area contributed by atoms with E-state index in [1.54, 1.807) is 16.8 Å². The van der Waals surface area contributed by atoms with Crippen LogP contribution in [0.1, 0.15) is 67.8 Å². The molecule has 1 N–H and O–H groups in total. The number of nitrogens with one attached hydrogen (secondary N) is 1. The number of aryl methyl sites for hydroxylation is 2. The van der Waals surface area contributed by atoms with Gasteiger partial charge in [0.05, 0.1) is 22.4 Å². The van der Waals surface area contributed by atoms with Crippen molar-refractivity contribution in [2.24, 2.45) is 0 Å². The maximum absolute atomic E-state index is 15.2. The standard InChI is InChI=1S/C29H35FN4O2S/c1-17(2)31-23(35)15-33-24(36)16-37-26(20-10-8-9-11-21(20)30)25-27(29(5,6)7)32-34(28(25)33)22-13-12-18(3)14-19(22)4/h8-14,17,26H,15-16H2,1-7H3,(H,31,35)/t26-/m0/s1. The Morgan fingerprint density at radius 1 is 1.19 bits per heavy atom. The van der Waals surface area contributed by atoms with E-state index in [-0.39, 0.29) is 36.0 Å². The topological polar surface area (TPSA) is 67.2 Å². The molecule has 37 heavy (non-hydrogen) atoms. The molecular formula is C29H35FN4O2S. The number of hydrogen-bond acceptors (Lipinski definition) is 4. The van der Waals surface area contributed by atoms with Gasteiger partial charge >= 0.3 is 0 Å². The fourth-order valence-electron chi connectivity index (χ4n) is 4.73. The zero-order valence-corrected chi connectivity index (χ0v) is 23.4. The van der Waals surface area contributed by atoms with E-state index in [9.17, 15) is 9.59 Å². The summed E-state index contributed by atoms with van der Waals surface area (Å²) in [7, 11) is 0. The maximum Gasteiger partial charge on any atom is 0.240 e. The van der Waals surface area contributed by atoms with E-state index in [1.807, 2.05) is 45.9 Å². The van der Waals surface area contributed by atoms with Crippen molar-refractivity contribution in [2.75, 3.05) is 17.2 Å². The van der Waals surface area contributed by atoms with Crippen molar-refractivity contribution in [2.45, 2.75) is 65.2 Å². The summed E-state index contributed by atoms with van der Waals surface area (Å²) in [6, 6.07) is 12.7. The largest absolute Gasteiger partial charge is 0.352 e. The lowest BCUT2D eigenvalue weighted by molar-refractivity contribution is -0.123. The average molecular weight is 523 g/mol. The van der Waals surface area contributed by atoms with Gasteiger partial charge in [0.2, 0.25) is 11.8 Å². The lowest BCUT2D eigenvalue weighted by Crippen LogP contribution is -2.44. The van der Waals surface area contributed by atoms with Crippen LogP contribution in [0.2, 0.25) is 0 Å². The molecule has 0 saturated carbocycles. The molecule has 0 spiro atoms. The summed E-state index contributed by atoms with van der Waals surface area (Å²) in [4.78, 5) is 28.1. The van der Waals surface area contributed by atoms with Gasteiger partial charge in [0.25, 0.3) is 0 Å². The molecule has 1 aliphatic rings. The van der Waals surface area contributed by atoms with E-state index in [0.29, 0.717) is 11.4 Å². The number of benzene rings is 2. The second-order valence-corrected chi connectivity index (χ2v) is 12.0. The number of hydrogen-bond donors (Lipinski definition) is 1. The number of nitrogens with zero attached hydrogens (tertiary/aromatic N) is 3. The molecule has 6 nitrogen and oxygen atoms in total. The average Bonchev–Trinajstić information content (AvgIpc) is 3.12. The zero-order valence-electron chi connectivity index (χ0n) is 22.6. The summed E-state index contributed by atoms with van der Waals surface area (Å²) >= 11 is 1.38. The fourth-order valence-corrected chi connectivity index (χ4v) is 5.95. The Hall–Kier alpha value is -3.13. The molecule has 0 aliphatic carbocycles. The highest BCUT2D eigenvalue weighted by Crippen LogP contribution is 2.49. The first-order valence-corrected chi connectivity index (χ1v) is 13.6. The monoisotopic (exact) mass is 522 g/mol. The second-order valence-electron chi connectivity index (χ2n) is 11.0. The van der Waals surface area contributed by atoms with Crippen molar-refractivity contribution >= 4 is 29.4 Å². The van der Waals surface area contributed by atoms with Crippen molar-refractivity contribution in [1.82, 2.24) is 15.1 Å². The molecule has 1 aliphatic heterocycles. The van der Waals surface area contributed by atoms with Gasteiger partial charge < -0.3 is 5.32 Å². The Balaban J connectivity index is 2.06. The smallest absolute Gasteiger partial charge is 0.240 e. The summed E-state index contributed by atoms with van der Waals surface area (Å²) in [5.74, 6) is -0.161. The van der Waals surface area contributed by atoms with Crippen LogP contribution in [-0.4, -0.2) is 39.9 Å².